The molecule has 0 spiro atoms. The van der Waals surface area contributed by atoms with Gasteiger partial charge in [0, 0.05) is 17.7 Å². The van der Waals surface area contributed by atoms with Crippen molar-refractivity contribution in [2.45, 2.75) is 46.6 Å². The molecule has 122 valence electrons. The Morgan fingerprint density at radius 2 is 2.00 bits per heavy atom. The lowest BCUT2D eigenvalue weighted by Gasteiger charge is -2.15. The van der Waals surface area contributed by atoms with Gasteiger partial charge in [-0.2, -0.15) is 0 Å². The molecule has 0 aliphatic carbocycles. The second-order valence-corrected chi connectivity index (χ2v) is 5.93. The molecular weight excluding hydrogens is 284 g/mol. The van der Waals surface area contributed by atoms with Gasteiger partial charge in [0.15, 0.2) is 6.61 Å². The molecule has 0 radical (unpaired) electrons. The first-order valence-corrected chi connectivity index (χ1v) is 7.46. The van der Waals surface area contributed by atoms with Gasteiger partial charge < -0.3 is 10.1 Å². The predicted octanol–water partition coefficient (Wildman–Crippen LogP) is 3.22. The number of amides is 1. The Morgan fingerprint density at radius 3 is 2.55 bits per heavy atom. The van der Waals surface area contributed by atoms with Gasteiger partial charge in [0.25, 0.3) is 11.6 Å². The van der Waals surface area contributed by atoms with E-state index in [4.69, 9.17) is 4.74 Å². The molecular formula is C16H24N2O4. The quantitative estimate of drug-likeness (QED) is 0.590. The lowest BCUT2D eigenvalue weighted by molar-refractivity contribution is -0.385. The Morgan fingerprint density at radius 1 is 1.32 bits per heavy atom. The predicted molar refractivity (Wildman–Crippen MR) is 85.0 cm³/mol. The van der Waals surface area contributed by atoms with Crippen LogP contribution in [0.3, 0.4) is 0 Å². The summed E-state index contributed by atoms with van der Waals surface area (Å²) in [6.07, 6.45) is 1.99. The number of hydrogen-bond donors (Lipinski definition) is 1. The number of nitro benzene ring substituents is 1. The lowest BCUT2D eigenvalue weighted by Crippen LogP contribution is -2.36. The Labute approximate surface area is 131 Å². The third-order valence-electron chi connectivity index (χ3n) is 3.32. The second-order valence-electron chi connectivity index (χ2n) is 5.93. The number of nitrogens with zero attached hydrogens (tertiary/aromatic N) is 1. The van der Waals surface area contributed by atoms with Crippen molar-refractivity contribution in [1.29, 1.82) is 0 Å². The number of nitrogens with one attached hydrogen (secondary N) is 1. The zero-order valence-corrected chi connectivity index (χ0v) is 13.6. The minimum Gasteiger partial charge on any atom is -0.484 e. The summed E-state index contributed by atoms with van der Waals surface area (Å²) in [6.45, 7) is 7.81. The van der Waals surface area contributed by atoms with Crippen molar-refractivity contribution >= 4 is 11.6 Å². The van der Waals surface area contributed by atoms with Crippen LogP contribution in [0.2, 0.25) is 0 Å². The van der Waals surface area contributed by atoms with Crippen molar-refractivity contribution in [3.05, 3.63) is 33.9 Å². The van der Waals surface area contributed by atoms with E-state index in [1.165, 1.54) is 12.1 Å². The molecule has 6 heteroatoms. The van der Waals surface area contributed by atoms with Crippen LogP contribution in [0.15, 0.2) is 18.2 Å². The van der Waals surface area contributed by atoms with Crippen LogP contribution in [0.4, 0.5) is 5.69 Å². The molecule has 0 saturated heterocycles. The minimum atomic E-state index is -0.442. The number of carbonyl (C=O) groups excluding carboxylic acids is 1. The van der Waals surface area contributed by atoms with Crippen molar-refractivity contribution in [2.24, 2.45) is 5.92 Å². The molecule has 0 bridgehead atoms. The van der Waals surface area contributed by atoms with E-state index in [2.05, 4.69) is 19.2 Å². The molecule has 1 N–H and O–H groups in total. The molecule has 0 heterocycles. The molecule has 1 aromatic carbocycles. The van der Waals surface area contributed by atoms with Crippen molar-refractivity contribution in [3.63, 3.8) is 0 Å². The maximum atomic E-state index is 11.8. The molecule has 1 aromatic rings. The van der Waals surface area contributed by atoms with Crippen LogP contribution >= 0.6 is 0 Å². The largest absolute Gasteiger partial charge is 0.484 e. The summed E-state index contributed by atoms with van der Waals surface area (Å²) in [6, 6.07) is 4.55. The summed E-state index contributed by atoms with van der Waals surface area (Å²) in [5.41, 5.74) is 0.548. The van der Waals surface area contributed by atoms with Crippen LogP contribution in [0.25, 0.3) is 0 Å². The van der Waals surface area contributed by atoms with Gasteiger partial charge in [-0.3, -0.25) is 14.9 Å². The molecule has 6 nitrogen and oxygen atoms in total. The van der Waals surface area contributed by atoms with Crippen LogP contribution < -0.4 is 10.1 Å². The summed E-state index contributed by atoms with van der Waals surface area (Å²) in [5, 5.41) is 13.6. The van der Waals surface area contributed by atoms with E-state index in [-0.39, 0.29) is 24.2 Å². The molecule has 1 rings (SSSR count). The highest BCUT2D eigenvalue weighted by Gasteiger charge is 2.12. The van der Waals surface area contributed by atoms with E-state index in [9.17, 15) is 14.9 Å². The average Bonchev–Trinajstić information content (AvgIpc) is 2.42. The van der Waals surface area contributed by atoms with Gasteiger partial charge in [-0.1, -0.05) is 13.8 Å². The van der Waals surface area contributed by atoms with Crippen LogP contribution in [-0.2, 0) is 4.79 Å². The van der Waals surface area contributed by atoms with Gasteiger partial charge in [-0.05, 0) is 44.7 Å². The first-order chi connectivity index (χ1) is 10.3. The standard InChI is InChI=1S/C16H24N2O4/c1-11(2)5-6-13(4)17-16(19)10-22-14-7-8-15(18(20)21)12(3)9-14/h7-9,11,13H,5-6,10H2,1-4H3,(H,17,19)/t13-/m1/s1. The molecule has 22 heavy (non-hydrogen) atoms. The number of ether oxygens (including phenoxy) is 1. The normalized spacial score (nSPS) is 12.0. The summed E-state index contributed by atoms with van der Waals surface area (Å²) in [5.74, 6) is 0.874. The van der Waals surface area contributed by atoms with Crippen molar-refractivity contribution in [1.82, 2.24) is 5.32 Å². The Balaban J connectivity index is 2.44. The number of rotatable bonds is 8. The van der Waals surface area contributed by atoms with Crippen LogP contribution in [-0.4, -0.2) is 23.5 Å². The number of hydrogen-bond acceptors (Lipinski definition) is 4. The fourth-order valence-corrected chi connectivity index (χ4v) is 2.04. The fraction of sp³-hybridized carbons (Fsp3) is 0.562. The maximum Gasteiger partial charge on any atom is 0.272 e. The van der Waals surface area contributed by atoms with Gasteiger partial charge in [0.05, 0.1) is 4.92 Å². The van der Waals surface area contributed by atoms with E-state index in [0.29, 0.717) is 17.2 Å². The van der Waals surface area contributed by atoms with Gasteiger partial charge in [0.1, 0.15) is 5.75 Å². The molecule has 1 atom stereocenters. The Hall–Kier alpha value is -2.11. The first-order valence-electron chi connectivity index (χ1n) is 7.46. The topological polar surface area (TPSA) is 81.5 Å². The van der Waals surface area contributed by atoms with Crippen molar-refractivity contribution in [2.75, 3.05) is 6.61 Å². The highest BCUT2D eigenvalue weighted by atomic mass is 16.6. The summed E-state index contributed by atoms with van der Waals surface area (Å²) < 4.78 is 5.38. The smallest absolute Gasteiger partial charge is 0.272 e. The summed E-state index contributed by atoms with van der Waals surface area (Å²) in [7, 11) is 0. The minimum absolute atomic E-state index is 0.0408. The highest BCUT2D eigenvalue weighted by molar-refractivity contribution is 5.77. The third-order valence-corrected chi connectivity index (χ3v) is 3.32. The number of aryl methyl sites for hydroxylation is 1. The molecule has 1 amide bonds. The van der Waals surface area contributed by atoms with Gasteiger partial charge >= 0.3 is 0 Å². The zero-order valence-electron chi connectivity index (χ0n) is 13.6. The van der Waals surface area contributed by atoms with Crippen molar-refractivity contribution in [3.8, 4) is 5.75 Å². The fourth-order valence-electron chi connectivity index (χ4n) is 2.04. The van der Waals surface area contributed by atoms with Gasteiger partial charge in [-0.15, -0.1) is 0 Å². The van der Waals surface area contributed by atoms with Crippen LogP contribution in [0.5, 0.6) is 5.75 Å². The maximum absolute atomic E-state index is 11.8. The van der Waals surface area contributed by atoms with Crippen LogP contribution in [0.1, 0.15) is 39.2 Å². The SMILES string of the molecule is Cc1cc(OCC(=O)N[C@H](C)CCC(C)C)ccc1[N+](=O)[O-]. The van der Waals surface area contributed by atoms with Gasteiger partial charge in [0.2, 0.25) is 0 Å². The number of benzene rings is 1. The van der Waals surface area contributed by atoms with E-state index in [0.717, 1.165) is 12.8 Å². The zero-order chi connectivity index (χ0) is 16.7. The monoisotopic (exact) mass is 308 g/mol. The molecule has 0 unspecified atom stereocenters. The molecule has 0 aliphatic heterocycles. The Bertz CT molecular complexity index is 529. The van der Waals surface area contributed by atoms with E-state index < -0.39 is 4.92 Å². The first kappa shape index (κ1) is 17.9. The van der Waals surface area contributed by atoms with E-state index in [1.54, 1.807) is 13.0 Å². The molecule has 0 fully saturated rings. The third kappa shape index (κ3) is 6.11. The average molecular weight is 308 g/mol. The Kier molecular flexibility index (Phi) is 6.82. The van der Waals surface area contributed by atoms with E-state index in [1.807, 2.05) is 6.92 Å². The number of nitro groups is 1. The van der Waals surface area contributed by atoms with Gasteiger partial charge in [-0.25, -0.2) is 0 Å². The summed E-state index contributed by atoms with van der Waals surface area (Å²) >= 11 is 0. The summed E-state index contributed by atoms with van der Waals surface area (Å²) in [4.78, 5) is 22.1. The number of carbonyl (C=O) groups is 1. The highest BCUT2D eigenvalue weighted by Crippen LogP contribution is 2.22. The second kappa shape index (κ2) is 8.36. The lowest BCUT2D eigenvalue weighted by atomic mass is 10.0. The molecule has 0 saturated carbocycles. The van der Waals surface area contributed by atoms with Crippen LogP contribution in [0, 0.1) is 23.0 Å². The van der Waals surface area contributed by atoms with Crippen molar-refractivity contribution < 1.29 is 14.5 Å². The molecule has 0 aromatic heterocycles. The molecule has 0 aliphatic rings. The van der Waals surface area contributed by atoms with E-state index >= 15 is 0 Å².